The van der Waals surface area contributed by atoms with Gasteiger partial charge in [-0.2, -0.15) is 0 Å². The van der Waals surface area contributed by atoms with Crippen molar-refractivity contribution < 1.29 is 14.1 Å². The van der Waals surface area contributed by atoms with E-state index in [4.69, 9.17) is 4.52 Å². The van der Waals surface area contributed by atoms with Crippen LogP contribution in [0.2, 0.25) is 0 Å². The van der Waals surface area contributed by atoms with Crippen molar-refractivity contribution in [3.63, 3.8) is 0 Å². The lowest BCUT2D eigenvalue weighted by Gasteiger charge is -2.23. The standard InChI is InChI=1S/C18H21N3O3/c1-13-10-15(24-20-13)11-17(22)21-9-5-8-16(21)18(23)19-12-14-6-3-2-4-7-14/h2-4,6-7,10,16H,5,8-9,11-12H2,1H3,(H,19,23). The molecule has 1 saturated heterocycles. The Bertz CT molecular complexity index is 711. The van der Waals surface area contributed by atoms with E-state index in [1.807, 2.05) is 37.3 Å². The first kappa shape index (κ1) is 16.2. The molecule has 2 aromatic rings. The summed E-state index contributed by atoms with van der Waals surface area (Å²) >= 11 is 0. The first-order chi connectivity index (χ1) is 11.6. The number of rotatable bonds is 5. The first-order valence-corrected chi connectivity index (χ1v) is 8.17. The Balaban J connectivity index is 1.57. The van der Waals surface area contributed by atoms with Crippen molar-refractivity contribution in [1.82, 2.24) is 15.4 Å². The SMILES string of the molecule is Cc1cc(CC(=O)N2CCCC2C(=O)NCc2ccccc2)on1. The van der Waals surface area contributed by atoms with Crippen LogP contribution in [0.1, 0.15) is 29.9 Å². The van der Waals surface area contributed by atoms with Crippen molar-refractivity contribution >= 4 is 11.8 Å². The van der Waals surface area contributed by atoms with E-state index in [-0.39, 0.29) is 18.2 Å². The topological polar surface area (TPSA) is 75.4 Å². The van der Waals surface area contributed by atoms with Gasteiger partial charge in [-0.15, -0.1) is 0 Å². The van der Waals surface area contributed by atoms with Crippen molar-refractivity contribution in [3.05, 3.63) is 53.4 Å². The van der Waals surface area contributed by atoms with Gasteiger partial charge >= 0.3 is 0 Å². The highest BCUT2D eigenvalue weighted by Crippen LogP contribution is 2.19. The highest BCUT2D eigenvalue weighted by atomic mass is 16.5. The second-order valence-corrected chi connectivity index (χ2v) is 6.06. The summed E-state index contributed by atoms with van der Waals surface area (Å²) in [5, 5.41) is 6.71. The van der Waals surface area contributed by atoms with Gasteiger partial charge in [0.15, 0.2) is 0 Å². The molecule has 2 heterocycles. The number of hydrogen-bond donors (Lipinski definition) is 1. The number of amides is 2. The molecule has 3 rings (SSSR count). The molecular weight excluding hydrogens is 306 g/mol. The molecule has 1 N–H and O–H groups in total. The summed E-state index contributed by atoms with van der Waals surface area (Å²) in [6.45, 7) is 2.89. The molecular formula is C18H21N3O3. The fraction of sp³-hybridized carbons (Fsp3) is 0.389. The van der Waals surface area contributed by atoms with Gasteiger partial charge in [-0.05, 0) is 25.3 Å². The fourth-order valence-electron chi connectivity index (χ4n) is 2.99. The third-order valence-electron chi connectivity index (χ3n) is 4.19. The van der Waals surface area contributed by atoms with Crippen molar-refractivity contribution in [2.45, 2.75) is 38.8 Å². The minimum absolute atomic E-state index is 0.0940. The number of nitrogens with one attached hydrogen (secondary N) is 1. The second-order valence-electron chi connectivity index (χ2n) is 6.06. The number of carbonyl (C=O) groups excluding carboxylic acids is 2. The lowest BCUT2D eigenvalue weighted by Crippen LogP contribution is -2.46. The normalized spacial score (nSPS) is 17.0. The zero-order valence-corrected chi connectivity index (χ0v) is 13.7. The van der Waals surface area contributed by atoms with Gasteiger partial charge in [0.1, 0.15) is 11.8 Å². The second kappa shape index (κ2) is 7.29. The molecule has 1 fully saturated rings. The molecule has 6 heteroatoms. The predicted octanol–water partition coefficient (Wildman–Crippen LogP) is 1.83. The van der Waals surface area contributed by atoms with Crippen LogP contribution in [0.15, 0.2) is 40.9 Å². The molecule has 1 unspecified atom stereocenters. The van der Waals surface area contributed by atoms with E-state index in [0.29, 0.717) is 25.3 Å². The van der Waals surface area contributed by atoms with Gasteiger partial charge in [-0.25, -0.2) is 0 Å². The highest BCUT2D eigenvalue weighted by Gasteiger charge is 2.34. The van der Waals surface area contributed by atoms with Crippen LogP contribution in [0.3, 0.4) is 0 Å². The van der Waals surface area contributed by atoms with Crippen molar-refractivity contribution in [2.24, 2.45) is 0 Å². The zero-order valence-electron chi connectivity index (χ0n) is 13.7. The molecule has 0 spiro atoms. The van der Waals surface area contributed by atoms with Crippen molar-refractivity contribution in [3.8, 4) is 0 Å². The van der Waals surface area contributed by atoms with Crippen molar-refractivity contribution in [1.29, 1.82) is 0 Å². The molecule has 1 aliphatic heterocycles. The molecule has 0 saturated carbocycles. The maximum absolute atomic E-state index is 12.5. The minimum Gasteiger partial charge on any atom is -0.361 e. The number of likely N-dealkylation sites (tertiary alicyclic amines) is 1. The number of benzene rings is 1. The molecule has 126 valence electrons. The minimum atomic E-state index is -0.398. The van der Waals surface area contributed by atoms with Gasteiger partial charge in [0, 0.05) is 19.2 Å². The Hall–Kier alpha value is -2.63. The van der Waals surface area contributed by atoms with E-state index >= 15 is 0 Å². The number of aryl methyl sites for hydroxylation is 1. The van der Waals surface area contributed by atoms with Crippen LogP contribution in [0.4, 0.5) is 0 Å². The molecule has 1 atom stereocenters. The maximum Gasteiger partial charge on any atom is 0.243 e. The molecule has 6 nitrogen and oxygen atoms in total. The van der Waals surface area contributed by atoms with Gasteiger partial charge < -0.3 is 14.7 Å². The zero-order chi connectivity index (χ0) is 16.9. The average molecular weight is 327 g/mol. The number of aromatic nitrogens is 1. The highest BCUT2D eigenvalue weighted by molar-refractivity contribution is 5.88. The molecule has 0 aliphatic carbocycles. The summed E-state index contributed by atoms with van der Waals surface area (Å²) < 4.78 is 5.10. The smallest absolute Gasteiger partial charge is 0.243 e. The monoisotopic (exact) mass is 327 g/mol. The van der Waals surface area contributed by atoms with Gasteiger partial charge in [0.25, 0.3) is 0 Å². The van der Waals surface area contributed by atoms with Gasteiger partial charge in [-0.1, -0.05) is 35.5 Å². The molecule has 1 aliphatic rings. The summed E-state index contributed by atoms with van der Waals surface area (Å²) in [5.41, 5.74) is 1.79. The van der Waals surface area contributed by atoms with E-state index < -0.39 is 6.04 Å². The third kappa shape index (κ3) is 3.82. The van der Waals surface area contributed by atoms with Gasteiger partial charge in [0.2, 0.25) is 11.8 Å². The van der Waals surface area contributed by atoms with E-state index in [0.717, 1.165) is 17.7 Å². The Labute approximate surface area is 140 Å². The Kier molecular flexibility index (Phi) is 4.93. The largest absolute Gasteiger partial charge is 0.361 e. The summed E-state index contributed by atoms with van der Waals surface area (Å²) in [6, 6.07) is 11.1. The van der Waals surface area contributed by atoms with Crippen molar-refractivity contribution in [2.75, 3.05) is 6.54 Å². The van der Waals surface area contributed by atoms with E-state index in [1.54, 1.807) is 11.0 Å². The first-order valence-electron chi connectivity index (χ1n) is 8.17. The summed E-state index contributed by atoms with van der Waals surface area (Å²) in [6.07, 6.45) is 1.68. The average Bonchev–Trinajstić information content (AvgIpc) is 3.22. The predicted molar refractivity (Wildman–Crippen MR) is 88.0 cm³/mol. The maximum atomic E-state index is 12.5. The van der Waals surface area contributed by atoms with E-state index in [1.165, 1.54) is 0 Å². The number of carbonyl (C=O) groups is 2. The number of hydrogen-bond acceptors (Lipinski definition) is 4. The van der Waals surface area contributed by atoms with Crippen LogP contribution >= 0.6 is 0 Å². The van der Waals surface area contributed by atoms with Gasteiger partial charge in [-0.3, -0.25) is 9.59 Å². The molecule has 0 bridgehead atoms. The summed E-state index contributed by atoms with van der Waals surface area (Å²) in [4.78, 5) is 26.6. The van der Waals surface area contributed by atoms with Crippen LogP contribution < -0.4 is 5.32 Å². The Morgan fingerprint density at radius 3 is 2.83 bits per heavy atom. The lowest BCUT2D eigenvalue weighted by molar-refractivity contribution is -0.138. The molecule has 2 amide bonds. The van der Waals surface area contributed by atoms with Crippen LogP contribution in [-0.4, -0.2) is 34.5 Å². The van der Waals surface area contributed by atoms with Crippen LogP contribution in [0.25, 0.3) is 0 Å². The van der Waals surface area contributed by atoms with Crippen LogP contribution in [0.5, 0.6) is 0 Å². The molecule has 0 radical (unpaired) electrons. The van der Waals surface area contributed by atoms with Crippen LogP contribution in [0, 0.1) is 6.92 Å². The molecule has 1 aromatic heterocycles. The molecule has 24 heavy (non-hydrogen) atoms. The van der Waals surface area contributed by atoms with Crippen LogP contribution in [-0.2, 0) is 22.6 Å². The summed E-state index contributed by atoms with van der Waals surface area (Å²) in [7, 11) is 0. The van der Waals surface area contributed by atoms with Gasteiger partial charge in [0.05, 0.1) is 12.1 Å². The lowest BCUT2D eigenvalue weighted by atomic mass is 10.1. The number of nitrogens with zero attached hydrogens (tertiary/aromatic N) is 2. The Morgan fingerprint density at radius 1 is 1.33 bits per heavy atom. The fourth-order valence-corrected chi connectivity index (χ4v) is 2.99. The quantitative estimate of drug-likeness (QED) is 0.909. The Morgan fingerprint density at radius 2 is 2.12 bits per heavy atom. The molecule has 1 aromatic carbocycles. The summed E-state index contributed by atoms with van der Waals surface area (Å²) in [5.74, 6) is 0.342. The third-order valence-corrected chi connectivity index (χ3v) is 4.19. The van der Waals surface area contributed by atoms with E-state index in [2.05, 4.69) is 10.5 Å². The van der Waals surface area contributed by atoms with E-state index in [9.17, 15) is 9.59 Å².